The first-order chi connectivity index (χ1) is 8.97. The van der Waals surface area contributed by atoms with Crippen LogP contribution in [0.25, 0.3) is 0 Å². The maximum atomic E-state index is 5.35. The van der Waals surface area contributed by atoms with Crippen LogP contribution >= 0.6 is 0 Å². The predicted molar refractivity (Wildman–Crippen MR) is 73.7 cm³/mol. The van der Waals surface area contributed by atoms with Crippen LogP contribution < -0.4 is 0 Å². The second-order valence-corrected chi connectivity index (χ2v) is 4.97. The molecule has 0 radical (unpaired) electrons. The van der Waals surface area contributed by atoms with Gasteiger partial charge in [0.1, 0.15) is 6.10 Å². The third-order valence-electron chi connectivity index (χ3n) is 3.33. The minimum Gasteiger partial charge on any atom is -0.381 e. The molecule has 100 valence electrons. The van der Waals surface area contributed by atoms with Gasteiger partial charge in [0.2, 0.25) is 0 Å². The molecular formula is C16H24O2. The molecule has 2 nitrogen and oxygen atoms in total. The molecule has 0 spiro atoms. The van der Waals surface area contributed by atoms with Gasteiger partial charge in [-0.1, -0.05) is 56.0 Å². The Labute approximate surface area is 110 Å². The summed E-state index contributed by atoms with van der Waals surface area (Å²) in [5.74, 6) is 0. The normalized spacial score (nSPS) is 23.9. The standard InChI is InChI=1S/C8H8O.C8H16O/c1-2-4-7(5-3-1)8-6-9-8;1-2-4-6-8-9-7-5-3-1/h1-5,8H,6H2;1-8H2. The summed E-state index contributed by atoms with van der Waals surface area (Å²) in [4.78, 5) is 0. The van der Waals surface area contributed by atoms with Crippen molar-refractivity contribution in [1.82, 2.24) is 0 Å². The third kappa shape index (κ3) is 5.65. The molecule has 2 heterocycles. The lowest BCUT2D eigenvalue weighted by atomic mass is 10.1. The Morgan fingerprint density at radius 2 is 1.33 bits per heavy atom. The van der Waals surface area contributed by atoms with Crippen molar-refractivity contribution >= 4 is 0 Å². The lowest BCUT2D eigenvalue weighted by Gasteiger charge is -1.97. The van der Waals surface area contributed by atoms with E-state index in [0.29, 0.717) is 6.10 Å². The molecule has 18 heavy (non-hydrogen) atoms. The molecular weight excluding hydrogens is 224 g/mol. The lowest BCUT2D eigenvalue weighted by Crippen LogP contribution is -1.94. The summed E-state index contributed by atoms with van der Waals surface area (Å²) in [5, 5.41) is 0. The van der Waals surface area contributed by atoms with E-state index in [4.69, 9.17) is 9.47 Å². The van der Waals surface area contributed by atoms with Crippen LogP contribution in [0.15, 0.2) is 30.3 Å². The van der Waals surface area contributed by atoms with Gasteiger partial charge in [0.05, 0.1) is 6.61 Å². The first-order valence-electron chi connectivity index (χ1n) is 7.21. The van der Waals surface area contributed by atoms with E-state index in [-0.39, 0.29) is 0 Å². The fourth-order valence-corrected chi connectivity index (χ4v) is 2.13. The highest BCUT2D eigenvalue weighted by molar-refractivity contribution is 5.19. The van der Waals surface area contributed by atoms with Crippen LogP contribution in [0.4, 0.5) is 0 Å². The van der Waals surface area contributed by atoms with Gasteiger partial charge < -0.3 is 9.47 Å². The van der Waals surface area contributed by atoms with Gasteiger partial charge >= 0.3 is 0 Å². The van der Waals surface area contributed by atoms with E-state index in [2.05, 4.69) is 12.1 Å². The smallest absolute Gasteiger partial charge is 0.106 e. The first-order valence-corrected chi connectivity index (χ1v) is 7.21. The summed E-state index contributed by atoms with van der Waals surface area (Å²) in [6, 6.07) is 10.3. The van der Waals surface area contributed by atoms with Crippen LogP contribution in [0.1, 0.15) is 50.2 Å². The van der Waals surface area contributed by atoms with Crippen molar-refractivity contribution < 1.29 is 9.47 Å². The average Bonchev–Trinajstić information content (AvgIpc) is 3.24. The van der Waals surface area contributed by atoms with Gasteiger partial charge in [0, 0.05) is 13.2 Å². The Morgan fingerprint density at radius 3 is 1.89 bits per heavy atom. The Hall–Kier alpha value is -0.860. The minimum atomic E-state index is 0.409. The quantitative estimate of drug-likeness (QED) is 0.697. The number of benzene rings is 1. The van der Waals surface area contributed by atoms with Crippen LogP contribution in [0, 0.1) is 0 Å². The molecule has 0 aromatic heterocycles. The van der Waals surface area contributed by atoms with Gasteiger partial charge in [-0.3, -0.25) is 0 Å². The molecule has 3 rings (SSSR count). The molecule has 2 aliphatic heterocycles. The van der Waals surface area contributed by atoms with Crippen LogP contribution in [0.5, 0.6) is 0 Å². The number of ether oxygens (including phenoxy) is 2. The highest BCUT2D eigenvalue weighted by atomic mass is 16.6. The number of rotatable bonds is 1. The molecule has 2 fully saturated rings. The van der Waals surface area contributed by atoms with Crippen LogP contribution in [-0.2, 0) is 9.47 Å². The van der Waals surface area contributed by atoms with Crippen LogP contribution in [-0.4, -0.2) is 19.8 Å². The van der Waals surface area contributed by atoms with Gasteiger partial charge in [0.25, 0.3) is 0 Å². The van der Waals surface area contributed by atoms with Crippen LogP contribution in [0.3, 0.4) is 0 Å². The molecule has 0 bridgehead atoms. The van der Waals surface area contributed by atoms with Gasteiger partial charge in [-0.05, 0) is 18.4 Å². The molecule has 1 unspecified atom stereocenters. The van der Waals surface area contributed by atoms with Crippen molar-refractivity contribution in [3.05, 3.63) is 35.9 Å². The fraction of sp³-hybridized carbons (Fsp3) is 0.625. The number of hydrogen-bond acceptors (Lipinski definition) is 2. The molecule has 1 aromatic carbocycles. The summed E-state index contributed by atoms with van der Waals surface area (Å²) >= 11 is 0. The Kier molecular flexibility index (Phi) is 6.24. The zero-order chi connectivity index (χ0) is 12.5. The number of hydrogen-bond donors (Lipinski definition) is 0. The topological polar surface area (TPSA) is 21.8 Å². The lowest BCUT2D eigenvalue weighted by molar-refractivity contribution is 0.131. The molecule has 0 saturated carbocycles. The minimum absolute atomic E-state index is 0.409. The SMILES string of the molecule is C1CCCCOCCC1.c1ccc(C2CO2)cc1. The van der Waals surface area contributed by atoms with Crippen molar-refractivity contribution in [2.75, 3.05) is 19.8 Å². The largest absolute Gasteiger partial charge is 0.381 e. The monoisotopic (exact) mass is 248 g/mol. The summed E-state index contributed by atoms with van der Waals surface area (Å²) in [5.41, 5.74) is 1.30. The van der Waals surface area contributed by atoms with Crippen molar-refractivity contribution in [3.8, 4) is 0 Å². The van der Waals surface area contributed by atoms with Crippen molar-refractivity contribution in [1.29, 1.82) is 0 Å². The molecule has 2 aliphatic rings. The Balaban J connectivity index is 0.000000134. The predicted octanol–water partition coefficient (Wildman–Crippen LogP) is 4.12. The van der Waals surface area contributed by atoms with Gasteiger partial charge in [-0.25, -0.2) is 0 Å². The van der Waals surface area contributed by atoms with Crippen molar-refractivity contribution in [3.63, 3.8) is 0 Å². The maximum Gasteiger partial charge on any atom is 0.106 e. The van der Waals surface area contributed by atoms with Gasteiger partial charge in [-0.15, -0.1) is 0 Å². The third-order valence-corrected chi connectivity index (χ3v) is 3.33. The van der Waals surface area contributed by atoms with Crippen LogP contribution in [0.2, 0.25) is 0 Å². The summed E-state index contributed by atoms with van der Waals surface area (Å²) < 4.78 is 10.4. The van der Waals surface area contributed by atoms with Crippen molar-refractivity contribution in [2.45, 2.75) is 44.6 Å². The number of epoxide rings is 1. The summed E-state index contributed by atoms with van der Waals surface area (Å²) in [6.07, 6.45) is 8.55. The van der Waals surface area contributed by atoms with E-state index in [1.165, 1.54) is 44.1 Å². The Bertz CT molecular complexity index is 278. The van der Waals surface area contributed by atoms with Crippen molar-refractivity contribution in [2.24, 2.45) is 0 Å². The molecule has 1 atom stereocenters. The zero-order valence-corrected chi connectivity index (χ0v) is 11.1. The second kappa shape index (κ2) is 8.28. The van der Waals surface area contributed by atoms with E-state index in [0.717, 1.165) is 19.8 Å². The highest BCUT2D eigenvalue weighted by Gasteiger charge is 2.23. The van der Waals surface area contributed by atoms with Gasteiger partial charge in [0.15, 0.2) is 0 Å². The molecule has 0 N–H and O–H groups in total. The van der Waals surface area contributed by atoms with E-state index in [9.17, 15) is 0 Å². The van der Waals surface area contributed by atoms with E-state index >= 15 is 0 Å². The summed E-state index contributed by atoms with van der Waals surface area (Å²) in [7, 11) is 0. The fourth-order valence-electron chi connectivity index (χ4n) is 2.13. The van der Waals surface area contributed by atoms with E-state index in [1.54, 1.807) is 0 Å². The average molecular weight is 248 g/mol. The zero-order valence-electron chi connectivity index (χ0n) is 11.1. The molecule has 2 saturated heterocycles. The molecule has 0 aliphatic carbocycles. The second-order valence-electron chi connectivity index (χ2n) is 4.97. The van der Waals surface area contributed by atoms with E-state index in [1.807, 2.05) is 18.2 Å². The molecule has 0 amide bonds. The molecule has 1 aromatic rings. The molecule has 2 heteroatoms. The van der Waals surface area contributed by atoms with Gasteiger partial charge in [-0.2, -0.15) is 0 Å². The van der Waals surface area contributed by atoms with E-state index < -0.39 is 0 Å². The maximum absolute atomic E-state index is 5.35. The first kappa shape index (κ1) is 13.6. The summed E-state index contributed by atoms with van der Waals surface area (Å²) in [6.45, 7) is 2.91. The Morgan fingerprint density at radius 1 is 0.778 bits per heavy atom. The highest BCUT2D eigenvalue weighted by Crippen LogP contribution is 2.28.